The van der Waals surface area contributed by atoms with E-state index in [0.717, 1.165) is 35.1 Å². The van der Waals surface area contributed by atoms with Gasteiger partial charge in [0.05, 0.1) is 0 Å². The number of rotatable bonds is 5. The molecule has 7 nitrogen and oxygen atoms in total. The third kappa shape index (κ3) is 4.13. The standard InChI is InChI=1S/C20H23NO6/c1-11-13(4-5-17(22)21-10-18(23)24)19(25)26-16-9-15-12(8-14(11)16)6-7-20(2,3)27-15/h8-9H,4-7,10H2,1-3H3,(H,21,22)(H,23,24). The summed E-state index contributed by atoms with van der Waals surface area (Å²) in [5, 5.41) is 11.7. The first-order chi connectivity index (χ1) is 12.7. The Morgan fingerprint density at radius 1 is 1.30 bits per heavy atom. The van der Waals surface area contributed by atoms with E-state index < -0.39 is 24.0 Å². The van der Waals surface area contributed by atoms with Gasteiger partial charge in [-0.05, 0) is 57.2 Å². The van der Waals surface area contributed by atoms with Crippen LogP contribution in [-0.4, -0.2) is 29.1 Å². The summed E-state index contributed by atoms with van der Waals surface area (Å²) in [4.78, 5) is 34.6. The summed E-state index contributed by atoms with van der Waals surface area (Å²) < 4.78 is 11.5. The quantitative estimate of drug-likeness (QED) is 0.779. The Kier molecular flexibility index (Phi) is 4.95. The van der Waals surface area contributed by atoms with Gasteiger partial charge < -0.3 is 19.6 Å². The number of nitrogens with one attached hydrogen (secondary N) is 1. The first kappa shape index (κ1) is 18.9. The van der Waals surface area contributed by atoms with Crippen molar-refractivity contribution < 1.29 is 23.8 Å². The fraction of sp³-hybridized carbons (Fsp3) is 0.450. The van der Waals surface area contributed by atoms with E-state index in [2.05, 4.69) is 5.32 Å². The average molecular weight is 373 g/mol. The number of hydrogen-bond acceptors (Lipinski definition) is 5. The predicted molar refractivity (Wildman–Crippen MR) is 99.2 cm³/mol. The SMILES string of the molecule is Cc1c(CCC(=O)NCC(=O)O)c(=O)oc2cc3c(cc12)CCC(C)(C)O3. The van der Waals surface area contributed by atoms with E-state index in [1.807, 2.05) is 26.8 Å². The minimum Gasteiger partial charge on any atom is -0.487 e. The minimum atomic E-state index is -1.11. The second-order valence-electron chi connectivity index (χ2n) is 7.48. The highest BCUT2D eigenvalue weighted by atomic mass is 16.5. The largest absolute Gasteiger partial charge is 0.487 e. The number of carboxylic acids is 1. The van der Waals surface area contributed by atoms with Gasteiger partial charge in [-0.3, -0.25) is 9.59 Å². The van der Waals surface area contributed by atoms with Gasteiger partial charge in [-0.1, -0.05) is 0 Å². The summed E-state index contributed by atoms with van der Waals surface area (Å²) >= 11 is 0. The highest BCUT2D eigenvalue weighted by Crippen LogP contribution is 2.36. The molecule has 3 rings (SSSR count). The van der Waals surface area contributed by atoms with Gasteiger partial charge in [0.2, 0.25) is 5.91 Å². The Bertz CT molecular complexity index is 973. The van der Waals surface area contributed by atoms with Gasteiger partial charge in [0.15, 0.2) is 0 Å². The van der Waals surface area contributed by atoms with Gasteiger partial charge in [0.1, 0.15) is 23.5 Å². The maximum Gasteiger partial charge on any atom is 0.339 e. The summed E-state index contributed by atoms with van der Waals surface area (Å²) in [5.74, 6) is -0.792. The first-order valence-corrected chi connectivity index (χ1v) is 8.93. The van der Waals surface area contributed by atoms with Crippen molar-refractivity contribution in [3.05, 3.63) is 39.2 Å². The zero-order chi connectivity index (χ0) is 19.8. The number of benzene rings is 1. The number of carbonyl (C=O) groups excluding carboxylic acids is 1. The van der Waals surface area contributed by atoms with E-state index in [1.165, 1.54) is 0 Å². The number of ether oxygens (including phenoxy) is 1. The number of fused-ring (bicyclic) bond motifs is 2. The molecular weight excluding hydrogens is 350 g/mol. The summed E-state index contributed by atoms with van der Waals surface area (Å²) in [5.41, 5.74) is 2.02. The molecule has 2 heterocycles. The van der Waals surface area contributed by atoms with E-state index in [1.54, 1.807) is 6.07 Å². The summed E-state index contributed by atoms with van der Waals surface area (Å²) in [6, 6.07) is 3.76. The maximum absolute atomic E-state index is 12.4. The first-order valence-electron chi connectivity index (χ1n) is 8.93. The van der Waals surface area contributed by atoms with Crippen molar-refractivity contribution in [2.24, 2.45) is 0 Å². The Hall–Kier alpha value is -2.83. The van der Waals surface area contributed by atoms with Crippen LogP contribution in [-0.2, 0) is 22.4 Å². The molecule has 2 aromatic rings. The lowest BCUT2D eigenvalue weighted by Gasteiger charge is -2.32. The molecule has 0 unspecified atom stereocenters. The normalized spacial score (nSPS) is 15.1. The van der Waals surface area contributed by atoms with Gasteiger partial charge in [0, 0.05) is 23.4 Å². The Balaban J connectivity index is 1.89. The van der Waals surface area contributed by atoms with Crippen LogP contribution in [0.25, 0.3) is 11.0 Å². The van der Waals surface area contributed by atoms with Crippen molar-refractivity contribution in [3.8, 4) is 5.75 Å². The van der Waals surface area contributed by atoms with E-state index in [0.29, 0.717) is 11.1 Å². The van der Waals surface area contributed by atoms with Crippen molar-refractivity contribution in [3.63, 3.8) is 0 Å². The molecule has 1 aliphatic heterocycles. The molecule has 2 N–H and O–H groups in total. The molecule has 0 saturated heterocycles. The summed E-state index contributed by atoms with van der Waals surface area (Å²) in [6.45, 7) is 5.45. The van der Waals surface area contributed by atoms with Crippen LogP contribution in [0.15, 0.2) is 21.3 Å². The molecule has 0 fully saturated rings. The lowest BCUT2D eigenvalue weighted by Crippen LogP contribution is -2.32. The Morgan fingerprint density at radius 2 is 2.04 bits per heavy atom. The van der Waals surface area contributed by atoms with Crippen LogP contribution in [0.4, 0.5) is 0 Å². The summed E-state index contributed by atoms with van der Waals surface area (Å²) in [7, 11) is 0. The molecular formula is C20H23NO6. The lowest BCUT2D eigenvalue weighted by atomic mass is 9.92. The van der Waals surface area contributed by atoms with Crippen molar-refractivity contribution in [2.45, 2.75) is 52.1 Å². The monoisotopic (exact) mass is 373 g/mol. The van der Waals surface area contributed by atoms with Gasteiger partial charge in [-0.25, -0.2) is 4.79 Å². The molecule has 1 amide bonds. The molecule has 144 valence electrons. The van der Waals surface area contributed by atoms with Crippen LogP contribution in [0.3, 0.4) is 0 Å². The number of carbonyl (C=O) groups is 2. The zero-order valence-corrected chi connectivity index (χ0v) is 15.7. The van der Waals surface area contributed by atoms with E-state index in [9.17, 15) is 14.4 Å². The molecule has 0 spiro atoms. The number of aryl methyl sites for hydroxylation is 2. The predicted octanol–water partition coefficient (Wildman–Crippen LogP) is 2.34. The number of hydrogen-bond donors (Lipinski definition) is 2. The Morgan fingerprint density at radius 3 is 2.74 bits per heavy atom. The van der Waals surface area contributed by atoms with Gasteiger partial charge in [-0.2, -0.15) is 0 Å². The molecule has 1 aromatic heterocycles. The van der Waals surface area contributed by atoms with Gasteiger partial charge >= 0.3 is 11.6 Å². The molecule has 1 aliphatic rings. The van der Waals surface area contributed by atoms with E-state index in [4.69, 9.17) is 14.3 Å². The number of amides is 1. The van der Waals surface area contributed by atoms with Crippen molar-refractivity contribution in [1.29, 1.82) is 0 Å². The maximum atomic E-state index is 12.4. The van der Waals surface area contributed by atoms with Crippen molar-refractivity contribution >= 4 is 22.8 Å². The van der Waals surface area contributed by atoms with Crippen LogP contribution >= 0.6 is 0 Å². The van der Waals surface area contributed by atoms with Crippen LogP contribution in [0.2, 0.25) is 0 Å². The Labute approximate surface area is 156 Å². The molecule has 7 heteroatoms. The third-order valence-electron chi connectivity index (χ3n) is 4.89. The van der Waals surface area contributed by atoms with Crippen molar-refractivity contribution in [2.75, 3.05) is 6.54 Å². The van der Waals surface area contributed by atoms with E-state index >= 15 is 0 Å². The van der Waals surface area contributed by atoms with Crippen LogP contribution in [0, 0.1) is 6.92 Å². The van der Waals surface area contributed by atoms with Gasteiger partial charge in [-0.15, -0.1) is 0 Å². The molecule has 0 bridgehead atoms. The smallest absolute Gasteiger partial charge is 0.339 e. The molecule has 0 aliphatic carbocycles. The topological polar surface area (TPSA) is 106 Å². The number of aliphatic carboxylic acids is 1. The highest BCUT2D eigenvalue weighted by molar-refractivity contribution is 5.84. The fourth-order valence-electron chi connectivity index (χ4n) is 3.33. The fourth-order valence-corrected chi connectivity index (χ4v) is 3.33. The minimum absolute atomic E-state index is 0.0205. The molecule has 0 saturated carbocycles. The van der Waals surface area contributed by atoms with Crippen LogP contribution < -0.4 is 15.7 Å². The number of carboxylic acid groups (broad SMARTS) is 1. The van der Waals surface area contributed by atoms with Crippen molar-refractivity contribution in [1.82, 2.24) is 5.32 Å². The molecule has 1 aromatic carbocycles. The summed E-state index contributed by atoms with van der Waals surface area (Å²) in [6.07, 6.45) is 1.99. The third-order valence-corrected chi connectivity index (χ3v) is 4.89. The molecule has 27 heavy (non-hydrogen) atoms. The average Bonchev–Trinajstić information content (AvgIpc) is 2.57. The molecule has 0 atom stereocenters. The van der Waals surface area contributed by atoms with Crippen LogP contribution in [0.1, 0.15) is 43.4 Å². The van der Waals surface area contributed by atoms with Gasteiger partial charge in [0.25, 0.3) is 0 Å². The second-order valence-corrected chi connectivity index (χ2v) is 7.48. The van der Waals surface area contributed by atoms with Crippen LogP contribution in [0.5, 0.6) is 5.75 Å². The molecule has 0 radical (unpaired) electrons. The lowest BCUT2D eigenvalue weighted by molar-refractivity contribution is -0.137. The zero-order valence-electron chi connectivity index (χ0n) is 15.7. The second kappa shape index (κ2) is 7.06. The van der Waals surface area contributed by atoms with E-state index in [-0.39, 0.29) is 18.4 Å². The highest BCUT2D eigenvalue weighted by Gasteiger charge is 2.27.